The van der Waals surface area contributed by atoms with Gasteiger partial charge in [-0.05, 0) is 32.7 Å². The first-order valence-corrected chi connectivity index (χ1v) is 7.79. The Balaban J connectivity index is 2.61. The molecule has 1 unspecified atom stereocenters. The van der Waals surface area contributed by atoms with Crippen molar-refractivity contribution in [3.8, 4) is 0 Å². The fourth-order valence-electron chi connectivity index (χ4n) is 2.50. The average molecular weight is 295 g/mol. The highest BCUT2D eigenvalue weighted by molar-refractivity contribution is 5.80. The van der Waals surface area contributed by atoms with Gasteiger partial charge in [0.1, 0.15) is 11.4 Å². The third-order valence-electron chi connectivity index (χ3n) is 3.74. The highest BCUT2D eigenvalue weighted by Gasteiger charge is 2.32. The molecule has 1 N–H and O–H groups in total. The van der Waals surface area contributed by atoms with Crippen molar-refractivity contribution < 1.29 is 9.53 Å². The van der Waals surface area contributed by atoms with Crippen LogP contribution in [-0.2, 0) is 16.1 Å². The van der Waals surface area contributed by atoms with E-state index in [1.807, 2.05) is 19.3 Å². The molecule has 0 aromatic carbocycles. The molecule has 0 radical (unpaired) electrons. The Morgan fingerprint density at radius 1 is 1.52 bits per heavy atom. The van der Waals surface area contributed by atoms with Crippen molar-refractivity contribution in [3.63, 3.8) is 0 Å². The summed E-state index contributed by atoms with van der Waals surface area (Å²) in [6.07, 6.45) is 6.48. The van der Waals surface area contributed by atoms with E-state index in [-0.39, 0.29) is 5.97 Å². The quantitative estimate of drug-likeness (QED) is 0.712. The normalized spacial score (nSPS) is 14.2. The Morgan fingerprint density at radius 3 is 2.81 bits per heavy atom. The number of hydrogen-bond acceptors (Lipinski definition) is 4. The van der Waals surface area contributed by atoms with Gasteiger partial charge in [-0.25, -0.2) is 4.98 Å². The topological polar surface area (TPSA) is 56.2 Å². The highest BCUT2D eigenvalue weighted by Crippen LogP contribution is 2.17. The Bertz CT molecular complexity index is 442. The Morgan fingerprint density at radius 2 is 2.24 bits per heavy atom. The van der Waals surface area contributed by atoms with Gasteiger partial charge in [-0.15, -0.1) is 0 Å². The zero-order valence-electron chi connectivity index (χ0n) is 14.0. The monoisotopic (exact) mass is 295 g/mol. The van der Waals surface area contributed by atoms with Gasteiger partial charge in [0.05, 0.1) is 7.11 Å². The van der Waals surface area contributed by atoms with E-state index in [0.717, 1.165) is 38.2 Å². The summed E-state index contributed by atoms with van der Waals surface area (Å²) in [5.41, 5.74) is -0.608. The summed E-state index contributed by atoms with van der Waals surface area (Å²) >= 11 is 0. The van der Waals surface area contributed by atoms with Crippen LogP contribution in [0.25, 0.3) is 0 Å². The number of aromatic nitrogens is 2. The Hall–Kier alpha value is -1.36. The molecule has 1 atom stereocenters. The van der Waals surface area contributed by atoms with E-state index >= 15 is 0 Å². The molecule has 1 aromatic heterocycles. The van der Waals surface area contributed by atoms with E-state index in [1.54, 1.807) is 0 Å². The number of carbonyl (C=O) groups excluding carboxylic acids is 1. The molecular formula is C16H29N3O2. The molecule has 5 heteroatoms. The minimum Gasteiger partial charge on any atom is -0.468 e. The summed E-state index contributed by atoms with van der Waals surface area (Å²) in [6.45, 7) is 9.97. The van der Waals surface area contributed by atoms with Crippen LogP contribution in [0.15, 0.2) is 12.4 Å². The molecule has 0 aliphatic rings. The summed E-state index contributed by atoms with van der Waals surface area (Å²) in [6, 6.07) is 0. The predicted molar refractivity (Wildman–Crippen MR) is 84.3 cm³/mol. The van der Waals surface area contributed by atoms with Crippen LogP contribution in [0.4, 0.5) is 0 Å². The number of esters is 1. The molecular weight excluding hydrogens is 266 g/mol. The maximum absolute atomic E-state index is 12.0. The Labute approximate surface area is 128 Å². The van der Waals surface area contributed by atoms with Crippen LogP contribution < -0.4 is 5.32 Å². The molecule has 0 aliphatic heterocycles. The van der Waals surface area contributed by atoms with E-state index in [0.29, 0.717) is 5.92 Å². The molecule has 1 heterocycles. The van der Waals surface area contributed by atoms with E-state index in [9.17, 15) is 4.79 Å². The number of aryl methyl sites for hydroxylation is 1. The number of ether oxygens (including phenoxy) is 1. The molecule has 0 spiro atoms. The maximum Gasteiger partial charge on any atom is 0.325 e. The van der Waals surface area contributed by atoms with E-state index in [1.165, 1.54) is 7.11 Å². The van der Waals surface area contributed by atoms with Crippen LogP contribution in [0.1, 0.15) is 58.7 Å². The van der Waals surface area contributed by atoms with Gasteiger partial charge in [-0.3, -0.25) is 4.79 Å². The van der Waals surface area contributed by atoms with Crippen LogP contribution in [0.3, 0.4) is 0 Å². The molecule has 0 bridgehead atoms. The molecule has 0 fully saturated rings. The lowest BCUT2D eigenvalue weighted by Gasteiger charge is -2.28. The highest BCUT2D eigenvalue weighted by atomic mass is 16.5. The lowest BCUT2D eigenvalue weighted by Crippen LogP contribution is -2.50. The van der Waals surface area contributed by atoms with Gasteiger partial charge in [0.15, 0.2) is 0 Å². The number of imidazole rings is 1. The second kappa shape index (κ2) is 8.17. The van der Waals surface area contributed by atoms with Crippen molar-refractivity contribution in [2.75, 3.05) is 13.7 Å². The average Bonchev–Trinajstić information content (AvgIpc) is 2.92. The molecule has 5 nitrogen and oxygen atoms in total. The van der Waals surface area contributed by atoms with Crippen molar-refractivity contribution >= 4 is 5.97 Å². The molecule has 0 aliphatic carbocycles. The first-order chi connectivity index (χ1) is 9.94. The van der Waals surface area contributed by atoms with Crippen LogP contribution in [-0.4, -0.2) is 34.7 Å². The van der Waals surface area contributed by atoms with Crippen LogP contribution in [0.5, 0.6) is 0 Å². The molecule has 1 rings (SSSR count). The summed E-state index contributed by atoms with van der Waals surface area (Å²) in [5, 5.41) is 3.31. The van der Waals surface area contributed by atoms with Crippen molar-refractivity contribution in [1.29, 1.82) is 0 Å². The number of carbonyl (C=O) groups is 1. The molecule has 21 heavy (non-hydrogen) atoms. The first kappa shape index (κ1) is 17.7. The second-order valence-corrected chi connectivity index (χ2v) is 5.99. The summed E-state index contributed by atoms with van der Waals surface area (Å²) < 4.78 is 7.11. The van der Waals surface area contributed by atoms with Crippen LogP contribution >= 0.6 is 0 Å². The van der Waals surface area contributed by atoms with Crippen molar-refractivity contribution in [3.05, 3.63) is 18.2 Å². The first-order valence-electron chi connectivity index (χ1n) is 7.79. The van der Waals surface area contributed by atoms with Crippen molar-refractivity contribution in [2.24, 2.45) is 0 Å². The number of methoxy groups -OCH3 is 1. The molecule has 0 saturated carbocycles. The zero-order chi connectivity index (χ0) is 15.9. The van der Waals surface area contributed by atoms with Gasteiger partial charge in [0.2, 0.25) is 0 Å². The third kappa shape index (κ3) is 4.84. The van der Waals surface area contributed by atoms with Gasteiger partial charge in [0, 0.05) is 24.9 Å². The van der Waals surface area contributed by atoms with Crippen LogP contribution in [0.2, 0.25) is 0 Å². The minimum atomic E-state index is -0.608. The summed E-state index contributed by atoms with van der Waals surface area (Å²) in [7, 11) is 1.45. The SMILES string of the molecule is CCCNC(C)(CCCn1ccnc1C(C)C)C(=O)OC. The molecule has 0 saturated heterocycles. The van der Waals surface area contributed by atoms with E-state index in [2.05, 4.69) is 35.6 Å². The van der Waals surface area contributed by atoms with Crippen LogP contribution in [0, 0.1) is 0 Å². The Kier molecular flexibility index (Phi) is 6.89. The summed E-state index contributed by atoms with van der Waals surface area (Å²) in [5.74, 6) is 1.31. The van der Waals surface area contributed by atoms with Gasteiger partial charge < -0.3 is 14.6 Å². The minimum absolute atomic E-state index is 0.189. The van der Waals surface area contributed by atoms with Gasteiger partial charge in [-0.2, -0.15) is 0 Å². The fraction of sp³-hybridized carbons (Fsp3) is 0.750. The number of rotatable bonds is 9. The molecule has 1 aromatic rings. The molecule has 0 amide bonds. The van der Waals surface area contributed by atoms with Gasteiger partial charge in [-0.1, -0.05) is 20.8 Å². The summed E-state index contributed by atoms with van der Waals surface area (Å²) in [4.78, 5) is 16.4. The number of nitrogens with one attached hydrogen (secondary N) is 1. The third-order valence-corrected chi connectivity index (χ3v) is 3.74. The van der Waals surface area contributed by atoms with Gasteiger partial charge in [0.25, 0.3) is 0 Å². The lowest BCUT2D eigenvalue weighted by molar-refractivity contribution is -0.148. The fourth-order valence-corrected chi connectivity index (χ4v) is 2.50. The standard InChI is InChI=1S/C16H29N3O2/c1-6-9-18-16(4,15(20)21-5)8-7-11-19-12-10-17-14(19)13(2)3/h10,12-13,18H,6-9,11H2,1-5H3. The van der Waals surface area contributed by atoms with E-state index < -0.39 is 5.54 Å². The second-order valence-electron chi connectivity index (χ2n) is 5.99. The number of hydrogen-bond donors (Lipinski definition) is 1. The largest absolute Gasteiger partial charge is 0.468 e. The zero-order valence-corrected chi connectivity index (χ0v) is 14.0. The smallest absolute Gasteiger partial charge is 0.325 e. The number of nitrogens with zero attached hydrogens (tertiary/aromatic N) is 2. The predicted octanol–water partition coefficient (Wildman–Crippen LogP) is 2.72. The van der Waals surface area contributed by atoms with Crippen molar-refractivity contribution in [1.82, 2.24) is 14.9 Å². The lowest BCUT2D eigenvalue weighted by atomic mass is 9.95. The molecule has 120 valence electrons. The van der Waals surface area contributed by atoms with E-state index in [4.69, 9.17) is 4.74 Å². The maximum atomic E-state index is 12.0. The van der Waals surface area contributed by atoms with Crippen molar-refractivity contribution in [2.45, 2.75) is 65.0 Å². The van der Waals surface area contributed by atoms with Gasteiger partial charge >= 0.3 is 5.97 Å².